The van der Waals surface area contributed by atoms with Gasteiger partial charge in [0.25, 0.3) is 0 Å². The molecule has 1 amide bonds. The molecule has 0 aliphatic carbocycles. The number of thioether (sulfide) groups is 1. The molecule has 108 valence electrons. The van der Waals surface area contributed by atoms with Crippen molar-refractivity contribution in [2.24, 2.45) is 5.92 Å². The summed E-state index contributed by atoms with van der Waals surface area (Å²) in [6.45, 7) is 3.94. The van der Waals surface area contributed by atoms with Crippen LogP contribution in [-0.2, 0) is 9.59 Å². The standard InChI is InChI=1S/C13H22N2O3S/c1-2-12-15(10(8-19-12)13(17)18)11(16)7-9-3-5-14-6-4-9/h9-10,12,14H,2-8H2,1H3,(H,17,18). The summed E-state index contributed by atoms with van der Waals surface area (Å²) in [7, 11) is 0. The van der Waals surface area contributed by atoms with Crippen molar-refractivity contribution in [2.75, 3.05) is 18.8 Å². The maximum absolute atomic E-state index is 12.4. The van der Waals surface area contributed by atoms with E-state index in [0.717, 1.165) is 32.4 Å². The van der Waals surface area contributed by atoms with Gasteiger partial charge < -0.3 is 15.3 Å². The van der Waals surface area contributed by atoms with Crippen LogP contribution in [0.1, 0.15) is 32.6 Å². The van der Waals surface area contributed by atoms with Gasteiger partial charge in [-0.15, -0.1) is 11.8 Å². The molecule has 2 rings (SSSR count). The molecule has 19 heavy (non-hydrogen) atoms. The summed E-state index contributed by atoms with van der Waals surface area (Å²) in [5, 5.41) is 12.6. The number of hydrogen-bond donors (Lipinski definition) is 2. The fraction of sp³-hybridized carbons (Fsp3) is 0.846. The molecule has 0 spiro atoms. The van der Waals surface area contributed by atoms with Gasteiger partial charge in [0.2, 0.25) is 5.91 Å². The number of rotatable bonds is 4. The number of nitrogens with zero attached hydrogens (tertiary/aromatic N) is 1. The first kappa shape index (κ1) is 14.7. The average Bonchev–Trinajstić information content (AvgIpc) is 2.83. The molecule has 0 aromatic rings. The van der Waals surface area contributed by atoms with E-state index in [1.807, 2.05) is 6.92 Å². The highest BCUT2D eigenvalue weighted by molar-refractivity contribution is 8.00. The van der Waals surface area contributed by atoms with E-state index in [9.17, 15) is 14.7 Å². The fourth-order valence-electron chi connectivity index (χ4n) is 2.84. The lowest BCUT2D eigenvalue weighted by Gasteiger charge is -2.29. The Labute approximate surface area is 118 Å². The molecule has 5 nitrogen and oxygen atoms in total. The van der Waals surface area contributed by atoms with Gasteiger partial charge in [0.1, 0.15) is 6.04 Å². The summed E-state index contributed by atoms with van der Waals surface area (Å²) >= 11 is 1.59. The molecule has 2 heterocycles. The van der Waals surface area contributed by atoms with Crippen molar-refractivity contribution in [2.45, 2.75) is 44.0 Å². The van der Waals surface area contributed by atoms with Crippen molar-refractivity contribution in [3.8, 4) is 0 Å². The number of nitrogens with one attached hydrogen (secondary N) is 1. The molecule has 6 heteroatoms. The van der Waals surface area contributed by atoms with Crippen molar-refractivity contribution in [1.82, 2.24) is 10.2 Å². The van der Waals surface area contributed by atoms with Crippen LogP contribution in [0.4, 0.5) is 0 Å². The molecule has 0 saturated carbocycles. The largest absolute Gasteiger partial charge is 0.480 e. The van der Waals surface area contributed by atoms with Gasteiger partial charge in [0.05, 0.1) is 5.37 Å². The number of aliphatic carboxylic acids is 1. The minimum atomic E-state index is -0.873. The summed E-state index contributed by atoms with van der Waals surface area (Å²) in [5.74, 6) is 0.0794. The summed E-state index contributed by atoms with van der Waals surface area (Å²) in [6, 6.07) is -0.635. The molecule has 2 aliphatic heterocycles. The Morgan fingerprint density at radius 3 is 2.63 bits per heavy atom. The lowest BCUT2D eigenvalue weighted by molar-refractivity contribution is -0.149. The van der Waals surface area contributed by atoms with E-state index in [1.54, 1.807) is 16.7 Å². The van der Waals surface area contributed by atoms with Gasteiger partial charge in [-0.05, 0) is 38.3 Å². The Hall–Kier alpha value is -0.750. The van der Waals surface area contributed by atoms with Gasteiger partial charge in [-0.25, -0.2) is 4.79 Å². The molecule has 2 fully saturated rings. The van der Waals surface area contributed by atoms with E-state index < -0.39 is 12.0 Å². The number of carboxylic acids is 1. The number of carbonyl (C=O) groups excluding carboxylic acids is 1. The lowest BCUT2D eigenvalue weighted by atomic mass is 9.94. The zero-order valence-corrected chi connectivity index (χ0v) is 12.1. The second-order valence-corrected chi connectivity index (χ2v) is 6.46. The summed E-state index contributed by atoms with van der Waals surface area (Å²) in [5.41, 5.74) is 0. The smallest absolute Gasteiger partial charge is 0.327 e. The van der Waals surface area contributed by atoms with E-state index >= 15 is 0 Å². The minimum absolute atomic E-state index is 0.0242. The zero-order chi connectivity index (χ0) is 13.8. The molecule has 2 N–H and O–H groups in total. The Balaban J connectivity index is 1.99. The van der Waals surface area contributed by atoms with E-state index in [1.165, 1.54) is 0 Å². The summed E-state index contributed by atoms with van der Waals surface area (Å²) < 4.78 is 0. The molecule has 2 aliphatic rings. The third-order valence-electron chi connectivity index (χ3n) is 3.94. The highest BCUT2D eigenvalue weighted by atomic mass is 32.2. The monoisotopic (exact) mass is 286 g/mol. The average molecular weight is 286 g/mol. The van der Waals surface area contributed by atoms with Gasteiger partial charge in [0, 0.05) is 12.2 Å². The number of piperidine rings is 1. The van der Waals surface area contributed by atoms with Gasteiger partial charge in [-0.1, -0.05) is 6.92 Å². The zero-order valence-electron chi connectivity index (χ0n) is 11.3. The van der Waals surface area contributed by atoms with Crippen LogP contribution in [-0.4, -0.2) is 52.1 Å². The fourth-order valence-corrected chi connectivity index (χ4v) is 4.21. The third kappa shape index (κ3) is 3.42. The molecule has 2 saturated heterocycles. The highest BCUT2D eigenvalue weighted by Gasteiger charge is 2.40. The maximum atomic E-state index is 12.4. The first-order valence-electron chi connectivity index (χ1n) is 6.99. The van der Waals surface area contributed by atoms with Gasteiger partial charge >= 0.3 is 5.97 Å². The second-order valence-electron chi connectivity index (χ2n) is 5.25. The van der Waals surface area contributed by atoms with Crippen LogP contribution in [0.15, 0.2) is 0 Å². The van der Waals surface area contributed by atoms with Crippen LogP contribution in [0.3, 0.4) is 0 Å². The molecule has 0 aromatic carbocycles. The van der Waals surface area contributed by atoms with Crippen molar-refractivity contribution >= 4 is 23.6 Å². The number of carbonyl (C=O) groups is 2. The minimum Gasteiger partial charge on any atom is -0.480 e. The Kier molecular flexibility index (Phi) is 5.10. The predicted octanol–water partition coefficient (Wildman–Crippen LogP) is 1.14. The number of amides is 1. The highest BCUT2D eigenvalue weighted by Crippen LogP contribution is 2.33. The van der Waals surface area contributed by atoms with Crippen LogP contribution in [0.25, 0.3) is 0 Å². The molecular formula is C13H22N2O3S. The normalized spacial score (nSPS) is 28.6. The predicted molar refractivity (Wildman–Crippen MR) is 75.0 cm³/mol. The number of hydrogen-bond acceptors (Lipinski definition) is 4. The van der Waals surface area contributed by atoms with Crippen molar-refractivity contribution < 1.29 is 14.7 Å². The SMILES string of the molecule is CCC1SCC(C(=O)O)N1C(=O)CC1CCNCC1. The molecule has 2 atom stereocenters. The lowest BCUT2D eigenvalue weighted by Crippen LogP contribution is -2.46. The van der Waals surface area contributed by atoms with Crippen LogP contribution >= 0.6 is 11.8 Å². The second kappa shape index (κ2) is 6.61. The quantitative estimate of drug-likeness (QED) is 0.811. The van der Waals surface area contributed by atoms with Gasteiger partial charge in [-0.3, -0.25) is 4.79 Å². The molecule has 0 radical (unpaired) electrons. The molecular weight excluding hydrogens is 264 g/mol. The van der Waals surface area contributed by atoms with Crippen molar-refractivity contribution in [3.05, 3.63) is 0 Å². The maximum Gasteiger partial charge on any atom is 0.327 e. The Morgan fingerprint density at radius 1 is 1.37 bits per heavy atom. The van der Waals surface area contributed by atoms with Gasteiger partial charge in [0.15, 0.2) is 0 Å². The van der Waals surface area contributed by atoms with Crippen molar-refractivity contribution in [1.29, 1.82) is 0 Å². The van der Waals surface area contributed by atoms with Crippen molar-refractivity contribution in [3.63, 3.8) is 0 Å². The van der Waals surface area contributed by atoms with Crippen LogP contribution in [0.2, 0.25) is 0 Å². The molecule has 2 unspecified atom stereocenters. The van der Waals surface area contributed by atoms with E-state index in [-0.39, 0.29) is 11.3 Å². The van der Waals surface area contributed by atoms with E-state index in [4.69, 9.17) is 0 Å². The Morgan fingerprint density at radius 2 is 2.05 bits per heavy atom. The van der Waals surface area contributed by atoms with Crippen LogP contribution in [0, 0.1) is 5.92 Å². The molecule has 0 bridgehead atoms. The first-order valence-corrected chi connectivity index (χ1v) is 8.04. The third-order valence-corrected chi connectivity index (χ3v) is 5.39. The molecule has 0 aromatic heterocycles. The van der Waals surface area contributed by atoms with Gasteiger partial charge in [-0.2, -0.15) is 0 Å². The van der Waals surface area contributed by atoms with Crippen LogP contribution in [0.5, 0.6) is 0 Å². The summed E-state index contributed by atoms with van der Waals surface area (Å²) in [4.78, 5) is 25.3. The topological polar surface area (TPSA) is 69.6 Å². The van der Waals surface area contributed by atoms with Crippen LogP contribution < -0.4 is 5.32 Å². The Bertz CT molecular complexity index is 345. The van der Waals surface area contributed by atoms with E-state index in [0.29, 0.717) is 18.1 Å². The first-order chi connectivity index (χ1) is 9.13. The number of carboxylic acid groups (broad SMARTS) is 1. The van der Waals surface area contributed by atoms with E-state index in [2.05, 4.69) is 5.32 Å². The summed E-state index contributed by atoms with van der Waals surface area (Å²) in [6.07, 6.45) is 3.34.